The molecule has 0 unspecified atom stereocenters. The van der Waals surface area contributed by atoms with Gasteiger partial charge >= 0.3 is 0 Å². The first-order valence-electron chi connectivity index (χ1n) is 17.8. The molecule has 4 aromatic rings. The number of hydrogen-bond acceptors (Lipinski definition) is 6. The van der Waals surface area contributed by atoms with Gasteiger partial charge in [-0.2, -0.15) is 10.2 Å². The fourth-order valence-electron chi connectivity index (χ4n) is 9.90. The van der Waals surface area contributed by atoms with Crippen LogP contribution >= 0.6 is 31.9 Å². The van der Waals surface area contributed by atoms with Crippen molar-refractivity contribution in [1.82, 2.24) is 29.4 Å². The highest BCUT2D eigenvalue weighted by molar-refractivity contribution is 9.11. The second-order valence-electron chi connectivity index (χ2n) is 15.9. The van der Waals surface area contributed by atoms with Crippen LogP contribution in [0.2, 0.25) is 0 Å². The number of ether oxygens (including phenoxy) is 2. The monoisotopic (exact) mass is 782 g/mol. The molecule has 4 fully saturated rings. The lowest BCUT2D eigenvalue weighted by Gasteiger charge is -2.41. The molecule has 0 amide bonds. The number of methoxy groups -OCH3 is 2. The van der Waals surface area contributed by atoms with Gasteiger partial charge in [0.15, 0.2) is 0 Å². The fourth-order valence-corrected chi connectivity index (χ4v) is 11.0. The number of nitrogens with zero attached hydrogens (tertiary/aromatic N) is 6. The van der Waals surface area contributed by atoms with Crippen LogP contribution in [0.5, 0.6) is 11.5 Å². The Bertz CT molecular complexity index is 1640. The smallest absolute Gasteiger partial charge is 0.135 e. The highest BCUT2D eigenvalue weighted by atomic mass is 79.9. The van der Waals surface area contributed by atoms with E-state index in [4.69, 9.17) is 19.7 Å². The Morgan fingerprint density at radius 3 is 1.42 bits per heavy atom. The number of aromatic nitrogens is 4. The maximum Gasteiger partial charge on any atom is 0.135 e. The molecule has 2 aromatic carbocycles. The molecule has 10 heteroatoms. The van der Waals surface area contributed by atoms with Gasteiger partial charge in [0.25, 0.3) is 0 Å². The molecule has 0 N–H and O–H groups in total. The van der Waals surface area contributed by atoms with Gasteiger partial charge in [-0.15, -0.1) is 0 Å². The minimum atomic E-state index is 0.513. The summed E-state index contributed by atoms with van der Waals surface area (Å²) in [6.07, 6.45) is 14.9. The van der Waals surface area contributed by atoms with Crippen molar-refractivity contribution >= 4 is 53.7 Å². The van der Waals surface area contributed by atoms with Crippen LogP contribution in [0.3, 0.4) is 0 Å². The highest BCUT2D eigenvalue weighted by Crippen LogP contribution is 2.50. The van der Waals surface area contributed by atoms with E-state index < -0.39 is 0 Å². The number of halogens is 2. The summed E-state index contributed by atoms with van der Waals surface area (Å²) in [6, 6.07) is 9.29. The fraction of sp³-hybridized carbons (Fsp3) is 0.632. The second kappa shape index (κ2) is 13.5. The van der Waals surface area contributed by atoms with Gasteiger partial charge in [0, 0.05) is 48.4 Å². The molecule has 2 aliphatic carbocycles. The summed E-state index contributed by atoms with van der Waals surface area (Å²) >= 11 is 7.15. The quantitative estimate of drug-likeness (QED) is 0.206. The first kappa shape index (κ1) is 34.3. The minimum Gasteiger partial charge on any atom is -0.495 e. The summed E-state index contributed by atoms with van der Waals surface area (Å²) in [4.78, 5) is 5.00. The van der Waals surface area contributed by atoms with Gasteiger partial charge in [-0.25, -0.2) is 0 Å². The second-order valence-corrected chi connectivity index (χ2v) is 17.6. The van der Waals surface area contributed by atoms with Crippen molar-refractivity contribution < 1.29 is 9.47 Å². The average Bonchev–Trinajstić information content (AvgIpc) is 3.82. The molecule has 8 rings (SSSR count). The Labute approximate surface area is 302 Å². The van der Waals surface area contributed by atoms with Crippen LogP contribution in [0.25, 0.3) is 21.8 Å². The summed E-state index contributed by atoms with van der Waals surface area (Å²) in [5, 5.41) is 12.1. The van der Waals surface area contributed by atoms with E-state index in [9.17, 15) is 0 Å². The van der Waals surface area contributed by atoms with E-state index in [1.165, 1.54) is 88.3 Å². The third-order valence-electron chi connectivity index (χ3n) is 12.3. The highest BCUT2D eigenvalue weighted by Gasteiger charge is 2.44. The summed E-state index contributed by atoms with van der Waals surface area (Å²) < 4.78 is 17.2. The van der Waals surface area contributed by atoms with E-state index in [1.807, 2.05) is 12.1 Å². The zero-order valence-corrected chi connectivity index (χ0v) is 32.7. The van der Waals surface area contributed by atoms with Gasteiger partial charge in [-0.3, -0.25) is 9.36 Å². The van der Waals surface area contributed by atoms with Crippen molar-refractivity contribution in [3.8, 4) is 11.5 Å². The van der Waals surface area contributed by atoms with Gasteiger partial charge in [-0.1, -0.05) is 13.8 Å². The number of benzene rings is 2. The Hall–Kier alpha value is -2.14. The molecule has 0 radical (unpaired) electrons. The van der Waals surface area contributed by atoms with E-state index in [0.717, 1.165) is 31.5 Å². The van der Waals surface area contributed by atoms with Gasteiger partial charge in [0.1, 0.15) is 11.5 Å². The molecule has 2 aliphatic heterocycles. The molecule has 2 aromatic heterocycles. The lowest BCUT2D eigenvalue weighted by Crippen LogP contribution is -2.35. The van der Waals surface area contributed by atoms with Crippen molar-refractivity contribution in [2.75, 3.05) is 54.5 Å². The zero-order chi connectivity index (χ0) is 33.8. The van der Waals surface area contributed by atoms with E-state index in [0.29, 0.717) is 34.7 Å². The van der Waals surface area contributed by atoms with E-state index in [-0.39, 0.29) is 0 Å². The molecule has 48 heavy (non-hydrogen) atoms. The molecule has 6 atom stereocenters. The first-order valence-corrected chi connectivity index (χ1v) is 19.4. The minimum absolute atomic E-state index is 0.513. The summed E-state index contributed by atoms with van der Waals surface area (Å²) in [6.45, 7) is 9.89. The molecule has 8 nitrogen and oxygen atoms in total. The molecule has 0 bridgehead atoms. The van der Waals surface area contributed by atoms with Crippen LogP contribution in [0.15, 0.2) is 45.6 Å². The third kappa shape index (κ3) is 6.68. The van der Waals surface area contributed by atoms with Gasteiger partial charge in [0.05, 0.1) is 46.3 Å². The molecular weight excluding hydrogens is 732 g/mol. The average molecular weight is 785 g/mol. The lowest BCUT2D eigenvalue weighted by molar-refractivity contribution is 0.102. The summed E-state index contributed by atoms with van der Waals surface area (Å²) in [7, 11) is 7.92. The molecular formula is C38H52Br2N6O2. The van der Waals surface area contributed by atoms with Gasteiger partial charge in [-0.05, 0) is 145 Å². The zero-order valence-electron chi connectivity index (χ0n) is 29.5. The van der Waals surface area contributed by atoms with E-state index in [2.05, 4.69) is 103 Å². The number of hydrogen-bond donors (Lipinski definition) is 0. The third-order valence-corrected chi connectivity index (χ3v) is 13.5. The van der Waals surface area contributed by atoms with Crippen molar-refractivity contribution in [3.05, 3.63) is 45.6 Å². The van der Waals surface area contributed by atoms with Gasteiger partial charge in [0.2, 0.25) is 0 Å². The predicted molar refractivity (Wildman–Crippen MR) is 201 cm³/mol. The van der Waals surface area contributed by atoms with Crippen molar-refractivity contribution in [2.24, 2.45) is 22.7 Å². The van der Waals surface area contributed by atoms with Crippen LogP contribution < -0.4 is 9.47 Å². The Kier molecular flexibility index (Phi) is 9.67. The Morgan fingerprint density at radius 2 is 1.08 bits per heavy atom. The summed E-state index contributed by atoms with van der Waals surface area (Å²) in [5.41, 5.74) is 3.15. The van der Waals surface area contributed by atoms with Crippen molar-refractivity contribution in [3.63, 3.8) is 0 Å². The molecule has 4 heterocycles. The molecule has 4 aliphatic rings. The van der Waals surface area contributed by atoms with Crippen LogP contribution in [0.1, 0.15) is 77.3 Å². The largest absolute Gasteiger partial charge is 0.495 e. The van der Waals surface area contributed by atoms with Crippen molar-refractivity contribution in [2.45, 2.75) is 77.3 Å². The Balaban J connectivity index is 0.000000152. The molecule has 2 saturated heterocycles. The SMILES string of the molecule is COc1cc2nn([C@@H]3CC[C@]4(CCN(C)C4)C[C@H]3C)cc2cc1Br.COc1cc2nn([C@H]3CC[C@]4(CCN(C)C4)C[C@@H]3C)cc2cc1Br. The standard InChI is InChI=1S/2C19H26BrN3O/c2*1-13-10-19(6-7-22(2)12-19)5-4-17(13)23-11-14-8-15(20)18(24-3)9-16(14)21-23/h2*8-9,11,13,17H,4-7,10,12H2,1-3H3/t13-,17-,19+;13-,17-,19-/m10/s1. The lowest BCUT2D eigenvalue weighted by atomic mass is 9.67. The number of likely N-dealkylation sites (tertiary alicyclic amines) is 2. The van der Waals surface area contributed by atoms with Gasteiger partial charge < -0.3 is 19.3 Å². The van der Waals surface area contributed by atoms with Crippen molar-refractivity contribution in [1.29, 1.82) is 0 Å². The van der Waals surface area contributed by atoms with Crippen LogP contribution in [0.4, 0.5) is 0 Å². The van der Waals surface area contributed by atoms with E-state index >= 15 is 0 Å². The van der Waals surface area contributed by atoms with Crippen LogP contribution in [-0.4, -0.2) is 83.9 Å². The molecule has 2 spiro atoms. The maximum atomic E-state index is 5.40. The molecule has 2 saturated carbocycles. The predicted octanol–water partition coefficient (Wildman–Crippen LogP) is 8.98. The topological polar surface area (TPSA) is 60.6 Å². The maximum absolute atomic E-state index is 5.40. The Morgan fingerprint density at radius 1 is 0.667 bits per heavy atom. The van der Waals surface area contributed by atoms with Crippen LogP contribution in [-0.2, 0) is 0 Å². The first-order chi connectivity index (χ1) is 23.0. The summed E-state index contributed by atoms with van der Waals surface area (Å²) in [5.74, 6) is 3.03. The normalized spacial score (nSPS) is 31.2. The number of fused-ring (bicyclic) bond motifs is 2. The van der Waals surface area contributed by atoms with E-state index in [1.54, 1.807) is 14.2 Å². The van der Waals surface area contributed by atoms with Crippen LogP contribution in [0, 0.1) is 22.7 Å². The molecule has 260 valence electrons. The number of rotatable bonds is 4.